The highest BCUT2D eigenvalue weighted by Gasteiger charge is 2.24. The van der Waals surface area contributed by atoms with Crippen molar-refractivity contribution in [2.45, 2.75) is 19.4 Å². The van der Waals surface area contributed by atoms with E-state index in [1.54, 1.807) is 7.11 Å². The number of amides is 1. The quantitative estimate of drug-likeness (QED) is 0.888. The summed E-state index contributed by atoms with van der Waals surface area (Å²) in [4.78, 5) is 14.2. The van der Waals surface area contributed by atoms with Crippen LogP contribution < -0.4 is 15.8 Å². The minimum absolute atomic E-state index is 0. The average Bonchev–Trinajstić information content (AvgIpc) is 2.43. The monoisotopic (exact) mass is 313 g/mol. The molecule has 21 heavy (non-hydrogen) atoms. The third-order valence-electron chi connectivity index (χ3n) is 3.78. The number of piperidine rings is 1. The van der Waals surface area contributed by atoms with Gasteiger partial charge >= 0.3 is 0 Å². The van der Waals surface area contributed by atoms with E-state index >= 15 is 0 Å². The molecule has 1 aromatic rings. The molecule has 2 atom stereocenters. The van der Waals surface area contributed by atoms with Crippen LogP contribution in [-0.4, -0.2) is 43.6 Å². The van der Waals surface area contributed by atoms with Crippen molar-refractivity contribution in [3.05, 3.63) is 24.3 Å². The number of benzene rings is 1. The van der Waals surface area contributed by atoms with Crippen molar-refractivity contribution in [2.24, 2.45) is 11.7 Å². The van der Waals surface area contributed by atoms with Gasteiger partial charge in [0.25, 0.3) is 0 Å². The Bertz CT molecular complexity index is 470. The normalized spacial score (nSPS) is 22.2. The molecule has 6 heteroatoms. The Morgan fingerprint density at radius 3 is 2.95 bits per heavy atom. The molecule has 0 spiro atoms. The SMILES string of the molecule is COc1cccc(NC(=O)CN2CCC(N)C(C)C2)c1.Cl. The molecule has 0 aliphatic carbocycles. The Labute approximate surface area is 132 Å². The summed E-state index contributed by atoms with van der Waals surface area (Å²) in [6, 6.07) is 7.63. The number of likely N-dealkylation sites (tertiary alicyclic amines) is 1. The number of anilines is 1. The second-order valence-electron chi connectivity index (χ2n) is 5.45. The fraction of sp³-hybridized carbons (Fsp3) is 0.533. The fourth-order valence-corrected chi connectivity index (χ4v) is 2.50. The average molecular weight is 314 g/mol. The Hall–Kier alpha value is -1.30. The van der Waals surface area contributed by atoms with Crippen molar-refractivity contribution >= 4 is 24.0 Å². The minimum Gasteiger partial charge on any atom is -0.497 e. The van der Waals surface area contributed by atoms with Crippen LogP contribution in [0, 0.1) is 5.92 Å². The lowest BCUT2D eigenvalue weighted by molar-refractivity contribution is -0.117. The van der Waals surface area contributed by atoms with Crippen LogP contribution in [0.25, 0.3) is 0 Å². The van der Waals surface area contributed by atoms with Gasteiger partial charge in [-0.3, -0.25) is 9.69 Å². The summed E-state index contributed by atoms with van der Waals surface area (Å²) < 4.78 is 5.14. The zero-order valence-corrected chi connectivity index (χ0v) is 13.4. The molecule has 0 aromatic heterocycles. The van der Waals surface area contributed by atoms with Gasteiger partial charge < -0.3 is 15.8 Å². The third kappa shape index (κ3) is 5.19. The highest BCUT2D eigenvalue weighted by Crippen LogP contribution is 2.17. The zero-order chi connectivity index (χ0) is 14.5. The van der Waals surface area contributed by atoms with Crippen LogP contribution in [0.1, 0.15) is 13.3 Å². The molecule has 3 N–H and O–H groups in total. The van der Waals surface area contributed by atoms with E-state index in [4.69, 9.17) is 10.5 Å². The van der Waals surface area contributed by atoms with E-state index in [-0.39, 0.29) is 24.4 Å². The molecule has 1 fully saturated rings. The summed E-state index contributed by atoms with van der Waals surface area (Å²) in [6.45, 7) is 4.31. The van der Waals surface area contributed by atoms with Gasteiger partial charge in [-0.1, -0.05) is 13.0 Å². The number of halogens is 1. The van der Waals surface area contributed by atoms with Gasteiger partial charge in [0, 0.05) is 30.9 Å². The maximum Gasteiger partial charge on any atom is 0.238 e. The van der Waals surface area contributed by atoms with Gasteiger partial charge in [0.1, 0.15) is 5.75 Å². The van der Waals surface area contributed by atoms with Gasteiger partial charge in [-0.05, 0) is 24.5 Å². The third-order valence-corrected chi connectivity index (χ3v) is 3.78. The molecule has 1 aliphatic rings. The van der Waals surface area contributed by atoms with Crippen molar-refractivity contribution in [1.82, 2.24) is 4.90 Å². The summed E-state index contributed by atoms with van der Waals surface area (Å²) in [5.41, 5.74) is 6.75. The van der Waals surface area contributed by atoms with E-state index in [1.807, 2.05) is 24.3 Å². The highest BCUT2D eigenvalue weighted by molar-refractivity contribution is 5.92. The molecule has 0 radical (unpaired) electrons. The Balaban J connectivity index is 0.00000220. The maximum atomic E-state index is 12.0. The van der Waals surface area contributed by atoms with E-state index in [0.29, 0.717) is 12.5 Å². The lowest BCUT2D eigenvalue weighted by atomic mass is 9.95. The topological polar surface area (TPSA) is 67.6 Å². The van der Waals surface area contributed by atoms with E-state index in [9.17, 15) is 4.79 Å². The number of hydrogen-bond acceptors (Lipinski definition) is 4. The van der Waals surface area contributed by atoms with Crippen molar-refractivity contribution in [2.75, 3.05) is 32.1 Å². The smallest absolute Gasteiger partial charge is 0.238 e. The number of ether oxygens (including phenoxy) is 1. The number of methoxy groups -OCH3 is 1. The van der Waals surface area contributed by atoms with Crippen molar-refractivity contribution in [1.29, 1.82) is 0 Å². The van der Waals surface area contributed by atoms with Crippen LogP contribution >= 0.6 is 12.4 Å². The first-order valence-corrected chi connectivity index (χ1v) is 7.00. The molecule has 1 heterocycles. The second-order valence-corrected chi connectivity index (χ2v) is 5.45. The number of hydrogen-bond donors (Lipinski definition) is 2. The lowest BCUT2D eigenvalue weighted by Gasteiger charge is -2.34. The molecule has 1 aliphatic heterocycles. The van der Waals surface area contributed by atoms with Crippen LogP contribution in [0.15, 0.2) is 24.3 Å². The lowest BCUT2D eigenvalue weighted by Crippen LogP contribution is -2.48. The van der Waals surface area contributed by atoms with Gasteiger partial charge in [0.15, 0.2) is 0 Å². The van der Waals surface area contributed by atoms with Crippen molar-refractivity contribution < 1.29 is 9.53 Å². The van der Waals surface area contributed by atoms with Gasteiger partial charge in [0.2, 0.25) is 5.91 Å². The summed E-state index contributed by atoms with van der Waals surface area (Å²) in [6.07, 6.45) is 0.952. The van der Waals surface area contributed by atoms with Gasteiger partial charge in [0.05, 0.1) is 13.7 Å². The molecule has 1 saturated heterocycles. The zero-order valence-electron chi connectivity index (χ0n) is 12.5. The van der Waals surface area contributed by atoms with Crippen LogP contribution in [0.2, 0.25) is 0 Å². The van der Waals surface area contributed by atoms with E-state index in [1.165, 1.54) is 0 Å². The summed E-state index contributed by atoms with van der Waals surface area (Å²) in [5, 5.41) is 2.90. The number of rotatable bonds is 4. The maximum absolute atomic E-state index is 12.0. The standard InChI is InChI=1S/C15H23N3O2.ClH/c1-11-9-18(7-6-14(11)16)10-15(19)17-12-4-3-5-13(8-12)20-2;/h3-5,8,11,14H,6-7,9-10,16H2,1-2H3,(H,17,19);1H. The molecule has 118 valence electrons. The number of carbonyl (C=O) groups excluding carboxylic acids is 1. The molecular formula is C15H24ClN3O2. The summed E-state index contributed by atoms with van der Waals surface area (Å²) >= 11 is 0. The molecule has 0 saturated carbocycles. The molecule has 1 amide bonds. The van der Waals surface area contributed by atoms with Crippen molar-refractivity contribution in [3.63, 3.8) is 0 Å². The Kier molecular flexibility index (Phi) is 6.95. The van der Waals surface area contributed by atoms with E-state index in [0.717, 1.165) is 30.9 Å². The minimum atomic E-state index is 0. The number of nitrogens with two attached hydrogens (primary N) is 1. The Morgan fingerprint density at radius 1 is 1.52 bits per heavy atom. The number of nitrogens with zero attached hydrogens (tertiary/aromatic N) is 1. The summed E-state index contributed by atoms with van der Waals surface area (Å²) in [7, 11) is 1.61. The largest absolute Gasteiger partial charge is 0.497 e. The first-order chi connectivity index (χ1) is 9.58. The summed E-state index contributed by atoms with van der Waals surface area (Å²) in [5.74, 6) is 1.18. The molecule has 5 nitrogen and oxygen atoms in total. The van der Waals surface area contributed by atoms with Crippen LogP contribution in [-0.2, 0) is 4.79 Å². The predicted molar refractivity (Wildman–Crippen MR) is 87.1 cm³/mol. The molecule has 2 rings (SSSR count). The molecule has 0 bridgehead atoms. The molecule has 1 aromatic carbocycles. The Morgan fingerprint density at radius 2 is 2.29 bits per heavy atom. The number of nitrogens with one attached hydrogen (secondary N) is 1. The first-order valence-electron chi connectivity index (χ1n) is 7.00. The van der Waals surface area contributed by atoms with Crippen LogP contribution in [0.3, 0.4) is 0 Å². The predicted octanol–water partition coefficient (Wildman–Crippen LogP) is 1.72. The molecular weight excluding hydrogens is 290 g/mol. The van der Waals surface area contributed by atoms with E-state index in [2.05, 4.69) is 17.1 Å². The fourth-order valence-electron chi connectivity index (χ4n) is 2.50. The highest BCUT2D eigenvalue weighted by atomic mass is 35.5. The van der Waals surface area contributed by atoms with Gasteiger partial charge in [-0.25, -0.2) is 0 Å². The van der Waals surface area contributed by atoms with Crippen molar-refractivity contribution in [3.8, 4) is 5.75 Å². The second kappa shape index (κ2) is 8.22. The first kappa shape index (κ1) is 17.8. The van der Waals surface area contributed by atoms with Crippen LogP contribution in [0.5, 0.6) is 5.75 Å². The van der Waals surface area contributed by atoms with Crippen LogP contribution in [0.4, 0.5) is 5.69 Å². The number of carbonyl (C=O) groups is 1. The van der Waals surface area contributed by atoms with E-state index < -0.39 is 0 Å². The molecule has 2 unspecified atom stereocenters. The van der Waals surface area contributed by atoms with Gasteiger partial charge in [-0.15, -0.1) is 12.4 Å². The van der Waals surface area contributed by atoms with Gasteiger partial charge in [-0.2, -0.15) is 0 Å².